The van der Waals surface area contributed by atoms with Crippen molar-refractivity contribution in [2.45, 2.75) is 24.8 Å². The van der Waals surface area contributed by atoms with Crippen molar-refractivity contribution in [1.82, 2.24) is 4.90 Å². The van der Waals surface area contributed by atoms with Crippen LogP contribution in [-0.4, -0.2) is 34.2 Å². The van der Waals surface area contributed by atoms with Gasteiger partial charge in [0.05, 0.1) is 12.0 Å². The zero-order valence-electron chi connectivity index (χ0n) is 13.5. The van der Waals surface area contributed by atoms with Crippen molar-refractivity contribution in [2.75, 3.05) is 6.54 Å². The van der Waals surface area contributed by atoms with E-state index < -0.39 is 11.9 Å². The van der Waals surface area contributed by atoms with Crippen molar-refractivity contribution in [2.24, 2.45) is 0 Å². The number of carbonyl (C=O) groups is 3. The van der Waals surface area contributed by atoms with Crippen LogP contribution in [0.5, 0.6) is 0 Å². The molecule has 5 heteroatoms. The molecule has 0 radical (unpaired) electrons. The third-order valence-electron chi connectivity index (χ3n) is 5.06. The second-order valence-electron chi connectivity index (χ2n) is 6.46. The van der Waals surface area contributed by atoms with Crippen LogP contribution in [-0.2, 0) is 4.79 Å². The van der Waals surface area contributed by atoms with Crippen LogP contribution in [0.1, 0.15) is 56.6 Å². The van der Waals surface area contributed by atoms with Gasteiger partial charge in [-0.25, -0.2) is 0 Å². The van der Waals surface area contributed by atoms with Crippen molar-refractivity contribution in [3.63, 3.8) is 0 Å². The molecule has 25 heavy (non-hydrogen) atoms. The molecule has 1 N–H and O–H groups in total. The van der Waals surface area contributed by atoms with Gasteiger partial charge in [-0.1, -0.05) is 42.5 Å². The average molecular weight is 335 g/mol. The smallest absolute Gasteiger partial charge is 0.303 e. The number of fused-ring (bicyclic) bond motifs is 5. The van der Waals surface area contributed by atoms with Gasteiger partial charge < -0.3 is 10.0 Å². The van der Waals surface area contributed by atoms with Crippen LogP contribution in [0.25, 0.3) is 0 Å². The summed E-state index contributed by atoms with van der Waals surface area (Å²) in [6.45, 7) is 0.322. The highest BCUT2D eigenvalue weighted by Gasteiger charge is 2.49. The predicted octanol–water partition coefficient (Wildman–Crippen LogP) is 3.03. The second kappa shape index (κ2) is 5.84. The molecule has 2 aromatic carbocycles. The fraction of sp³-hybridized carbons (Fsp3) is 0.250. The minimum atomic E-state index is -0.885. The second-order valence-corrected chi connectivity index (χ2v) is 6.46. The number of hydrogen-bond acceptors (Lipinski definition) is 3. The molecule has 5 nitrogen and oxygen atoms in total. The minimum absolute atomic E-state index is 0.00158. The Morgan fingerprint density at radius 1 is 0.960 bits per heavy atom. The number of benzene rings is 2. The highest BCUT2D eigenvalue weighted by atomic mass is 16.4. The molecule has 0 saturated carbocycles. The maximum atomic E-state index is 13.0. The first-order valence-electron chi connectivity index (χ1n) is 8.34. The molecule has 1 heterocycles. The Morgan fingerprint density at radius 3 is 2.32 bits per heavy atom. The highest BCUT2D eigenvalue weighted by Crippen LogP contribution is 2.50. The number of ketones is 1. The lowest BCUT2D eigenvalue weighted by Crippen LogP contribution is -2.42. The van der Waals surface area contributed by atoms with Gasteiger partial charge in [0.15, 0.2) is 5.78 Å². The molecule has 4 rings (SSSR count). The normalized spacial score (nSPS) is 20.9. The Bertz CT molecular complexity index is 889. The van der Waals surface area contributed by atoms with Gasteiger partial charge >= 0.3 is 5.97 Å². The van der Waals surface area contributed by atoms with Gasteiger partial charge in [0.25, 0.3) is 5.91 Å². The summed E-state index contributed by atoms with van der Waals surface area (Å²) >= 11 is 0. The standard InChI is InChI=1S/C20H17NO4/c22-16(23)10-5-11-21-18-13-7-2-3-8-14(13)19(24)17(18)12-6-1-4-9-15(12)20(21)25/h1-4,6-9,17-18H,5,10-11H2,(H,22,23). The summed E-state index contributed by atoms with van der Waals surface area (Å²) in [7, 11) is 0. The summed E-state index contributed by atoms with van der Waals surface area (Å²) < 4.78 is 0. The van der Waals surface area contributed by atoms with Gasteiger partial charge in [-0.3, -0.25) is 14.4 Å². The quantitative estimate of drug-likeness (QED) is 0.932. The Labute approximate surface area is 144 Å². The zero-order chi connectivity index (χ0) is 17.6. The van der Waals surface area contributed by atoms with Crippen LogP contribution in [0.15, 0.2) is 48.5 Å². The number of amides is 1. The van der Waals surface area contributed by atoms with Crippen molar-refractivity contribution in [3.8, 4) is 0 Å². The van der Waals surface area contributed by atoms with Gasteiger partial charge in [0.2, 0.25) is 0 Å². The highest BCUT2D eigenvalue weighted by molar-refractivity contribution is 6.10. The van der Waals surface area contributed by atoms with Crippen LogP contribution < -0.4 is 0 Å². The molecule has 2 aliphatic rings. The van der Waals surface area contributed by atoms with Gasteiger partial charge in [0.1, 0.15) is 0 Å². The van der Waals surface area contributed by atoms with Crippen LogP contribution >= 0.6 is 0 Å². The van der Waals surface area contributed by atoms with Crippen LogP contribution in [0.3, 0.4) is 0 Å². The van der Waals surface area contributed by atoms with Crippen molar-refractivity contribution < 1.29 is 19.5 Å². The molecule has 0 saturated heterocycles. The first-order chi connectivity index (χ1) is 12.1. The zero-order valence-corrected chi connectivity index (χ0v) is 13.5. The van der Waals surface area contributed by atoms with E-state index in [0.29, 0.717) is 24.1 Å². The number of Topliss-reactive ketones (excluding diaryl/α,β-unsaturated/α-hetero) is 1. The molecule has 1 aliphatic heterocycles. The van der Waals surface area contributed by atoms with Crippen molar-refractivity contribution in [1.29, 1.82) is 0 Å². The van der Waals surface area contributed by atoms with E-state index in [0.717, 1.165) is 11.1 Å². The Hall–Kier alpha value is -2.95. The lowest BCUT2D eigenvalue weighted by Gasteiger charge is -2.38. The summed E-state index contributed by atoms with van der Waals surface area (Å²) in [4.78, 5) is 38.5. The summed E-state index contributed by atoms with van der Waals surface area (Å²) in [6.07, 6.45) is 0.362. The summed E-state index contributed by atoms with van der Waals surface area (Å²) in [5, 5.41) is 8.90. The summed E-state index contributed by atoms with van der Waals surface area (Å²) in [6, 6.07) is 14.3. The number of hydrogen-bond donors (Lipinski definition) is 1. The predicted molar refractivity (Wildman–Crippen MR) is 90.6 cm³/mol. The largest absolute Gasteiger partial charge is 0.481 e. The van der Waals surface area contributed by atoms with Crippen LogP contribution in [0, 0.1) is 0 Å². The lowest BCUT2D eigenvalue weighted by atomic mass is 9.83. The fourth-order valence-corrected chi connectivity index (χ4v) is 4.01. The van der Waals surface area contributed by atoms with E-state index in [1.54, 1.807) is 23.1 Å². The van der Waals surface area contributed by atoms with E-state index in [1.165, 1.54) is 0 Å². The van der Waals surface area contributed by atoms with Gasteiger partial charge in [-0.2, -0.15) is 0 Å². The summed E-state index contributed by atoms with van der Waals surface area (Å²) in [5.74, 6) is -1.39. The average Bonchev–Trinajstić information content (AvgIpc) is 2.91. The van der Waals surface area contributed by atoms with E-state index in [2.05, 4.69) is 0 Å². The van der Waals surface area contributed by atoms with E-state index in [1.807, 2.05) is 30.3 Å². The van der Waals surface area contributed by atoms with Crippen molar-refractivity contribution in [3.05, 3.63) is 70.8 Å². The maximum Gasteiger partial charge on any atom is 0.303 e. The third-order valence-corrected chi connectivity index (χ3v) is 5.06. The first-order valence-corrected chi connectivity index (χ1v) is 8.34. The van der Waals surface area contributed by atoms with E-state index in [-0.39, 0.29) is 24.2 Å². The SMILES string of the molecule is O=C(O)CCCN1C(=O)c2ccccc2C2C(=O)c3ccccc3C21. The summed E-state index contributed by atoms with van der Waals surface area (Å²) in [5.41, 5.74) is 2.83. The van der Waals surface area contributed by atoms with Crippen LogP contribution in [0.4, 0.5) is 0 Å². The molecular formula is C20H17NO4. The van der Waals surface area contributed by atoms with E-state index in [4.69, 9.17) is 5.11 Å². The Balaban J connectivity index is 1.81. The first kappa shape index (κ1) is 15.6. The lowest BCUT2D eigenvalue weighted by molar-refractivity contribution is -0.137. The monoisotopic (exact) mass is 335 g/mol. The molecule has 1 aliphatic carbocycles. The molecule has 126 valence electrons. The number of carbonyl (C=O) groups excluding carboxylic acids is 2. The number of nitrogens with zero attached hydrogens (tertiary/aromatic N) is 1. The molecule has 0 fully saturated rings. The maximum absolute atomic E-state index is 13.0. The van der Waals surface area contributed by atoms with E-state index in [9.17, 15) is 14.4 Å². The number of aliphatic carboxylic acids is 1. The van der Waals surface area contributed by atoms with Gasteiger partial charge in [0, 0.05) is 24.1 Å². The third kappa shape index (κ3) is 2.35. The molecule has 1 amide bonds. The molecule has 0 spiro atoms. The van der Waals surface area contributed by atoms with Crippen molar-refractivity contribution >= 4 is 17.7 Å². The topological polar surface area (TPSA) is 74.7 Å². The van der Waals surface area contributed by atoms with Crippen LogP contribution in [0.2, 0.25) is 0 Å². The molecule has 0 aromatic heterocycles. The van der Waals surface area contributed by atoms with E-state index >= 15 is 0 Å². The molecular weight excluding hydrogens is 318 g/mol. The molecule has 2 unspecified atom stereocenters. The minimum Gasteiger partial charge on any atom is -0.481 e. The molecule has 2 atom stereocenters. The Morgan fingerprint density at radius 2 is 1.60 bits per heavy atom. The number of rotatable bonds is 4. The number of carboxylic acid groups (broad SMARTS) is 1. The number of carboxylic acids is 1. The molecule has 0 bridgehead atoms. The van der Waals surface area contributed by atoms with Gasteiger partial charge in [-0.05, 0) is 23.6 Å². The fourth-order valence-electron chi connectivity index (χ4n) is 4.01. The Kier molecular flexibility index (Phi) is 3.64. The molecule has 2 aromatic rings. The van der Waals surface area contributed by atoms with Gasteiger partial charge in [-0.15, -0.1) is 0 Å².